The zero-order valence-corrected chi connectivity index (χ0v) is 26.7. The average molecular weight is 621 g/mol. The van der Waals surface area contributed by atoms with E-state index in [2.05, 4.69) is 121 Å². The first-order valence-corrected chi connectivity index (χ1v) is 16.0. The van der Waals surface area contributed by atoms with Crippen LogP contribution < -0.4 is 5.69 Å². The Morgan fingerprint density at radius 1 is 0.417 bits per heavy atom. The predicted molar refractivity (Wildman–Crippen MR) is 196 cm³/mol. The highest BCUT2D eigenvalue weighted by atomic mass is 16.1. The third-order valence-corrected chi connectivity index (χ3v) is 9.04. The van der Waals surface area contributed by atoms with E-state index < -0.39 is 0 Å². The molecular weight excluding hydrogens is 589 g/mol. The van der Waals surface area contributed by atoms with Gasteiger partial charge in [0.2, 0.25) is 0 Å². The summed E-state index contributed by atoms with van der Waals surface area (Å²) in [6, 6.07) is 54.3. The molecule has 6 aromatic carbocycles. The van der Waals surface area contributed by atoms with Gasteiger partial charge in [0.15, 0.2) is 5.82 Å². The number of rotatable bonds is 6. The molecule has 0 amide bonds. The van der Waals surface area contributed by atoms with Crippen molar-refractivity contribution in [2.24, 2.45) is 14.1 Å². The minimum atomic E-state index is -0.0266. The summed E-state index contributed by atoms with van der Waals surface area (Å²) < 4.78 is 3.42. The highest BCUT2D eigenvalue weighted by Crippen LogP contribution is 2.35. The van der Waals surface area contributed by atoms with Crippen molar-refractivity contribution < 1.29 is 0 Å². The molecule has 5 heteroatoms. The molecule has 0 atom stereocenters. The molecule has 0 saturated carbocycles. The highest BCUT2D eigenvalue weighted by Gasteiger charge is 2.15. The van der Waals surface area contributed by atoms with Crippen LogP contribution in [-0.4, -0.2) is 19.1 Å². The predicted octanol–water partition coefficient (Wildman–Crippen LogP) is 9.67. The number of nitrogens with zero attached hydrogens (tertiary/aromatic N) is 4. The van der Waals surface area contributed by atoms with Crippen LogP contribution in [-0.2, 0) is 14.1 Å². The minimum absolute atomic E-state index is 0.0266. The molecule has 0 unspecified atom stereocenters. The van der Waals surface area contributed by atoms with Gasteiger partial charge in [0.25, 0.3) is 0 Å². The van der Waals surface area contributed by atoms with E-state index in [1.54, 1.807) is 9.13 Å². The summed E-state index contributed by atoms with van der Waals surface area (Å²) >= 11 is 0. The maximum atomic E-state index is 12.6. The van der Waals surface area contributed by atoms with Gasteiger partial charge in [-0.15, -0.1) is 0 Å². The van der Waals surface area contributed by atoms with Crippen molar-refractivity contribution in [3.8, 4) is 67.3 Å². The largest absolute Gasteiger partial charge is 0.328 e. The molecule has 0 spiro atoms. The van der Waals surface area contributed by atoms with Gasteiger partial charge in [0.05, 0.1) is 22.4 Å². The summed E-state index contributed by atoms with van der Waals surface area (Å²) in [5.41, 5.74) is 13.2. The van der Waals surface area contributed by atoms with Crippen LogP contribution in [0.3, 0.4) is 0 Å². The molecule has 48 heavy (non-hydrogen) atoms. The number of aromatic nitrogens is 4. The third-order valence-electron chi connectivity index (χ3n) is 9.04. The number of fused-ring (bicyclic) bond motifs is 1. The fourth-order valence-corrected chi connectivity index (χ4v) is 6.51. The Kier molecular flexibility index (Phi) is 7.35. The minimum Gasteiger partial charge on any atom is -0.295 e. The van der Waals surface area contributed by atoms with E-state index in [0.717, 1.165) is 72.5 Å². The van der Waals surface area contributed by atoms with Gasteiger partial charge in [-0.2, -0.15) is 0 Å². The molecule has 2 heterocycles. The van der Waals surface area contributed by atoms with Crippen LogP contribution >= 0.6 is 0 Å². The maximum Gasteiger partial charge on any atom is 0.328 e. The quantitative estimate of drug-likeness (QED) is 0.186. The first-order valence-electron chi connectivity index (χ1n) is 16.0. The van der Waals surface area contributed by atoms with Gasteiger partial charge in [-0.05, 0) is 39.9 Å². The van der Waals surface area contributed by atoms with Gasteiger partial charge in [-0.3, -0.25) is 9.13 Å². The van der Waals surface area contributed by atoms with Gasteiger partial charge in [-0.1, -0.05) is 146 Å². The molecule has 8 rings (SSSR count). The van der Waals surface area contributed by atoms with Gasteiger partial charge in [0, 0.05) is 36.3 Å². The molecule has 0 aliphatic carbocycles. The Hall–Kier alpha value is -6.33. The molecular formula is C43H32N4O. The van der Waals surface area contributed by atoms with Gasteiger partial charge >= 0.3 is 5.69 Å². The second kappa shape index (κ2) is 12.1. The second-order valence-electron chi connectivity index (χ2n) is 12.0. The van der Waals surface area contributed by atoms with E-state index in [1.807, 2.05) is 50.5 Å². The molecule has 0 aliphatic rings. The van der Waals surface area contributed by atoms with E-state index in [1.165, 1.54) is 0 Å². The Labute approximate surface area is 279 Å². The fourth-order valence-electron chi connectivity index (χ4n) is 6.51. The van der Waals surface area contributed by atoms with Gasteiger partial charge < -0.3 is 0 Å². The van der Waals surface area contributed by atoms with Crippen LogP contribution in [0.25, 0.3) is 78.3 Å². The maximum absolute atomic E-state index is 12.6. The van der Waals surface area contributed by atoms with E-state index in [4.69, 9.17) is 9.97 Å². The van der Waals surface area contributed by atoms with E-state index >= 15 is 0 Å². The van der Waals surface area contributed by atoms with Crippen LogP contribution in [0.4, 0.5) is 0 Å². The number of hydrogen-bond acceptors (Lipinski definition) is 3. The first kappa shape index (κ1) is 29.1. The molecule has 0 saturated heterocycles. The molecule has 5 nitrogen and oxygen atoms in total. The lowest BCUT2D eigenvalue weighted by molar-refractivity contribution is 0.795. The zero-order chi connectivity index (χ0) is 32.6. The molecule has 0 radical (unpaired) electrons. The lowest BCUT2D eigenvalue weighted by Gasteiger charge is -2.13. The first-order chi connectivity index (χ1) is 23.5. The van der Waals surface area contributed by atoms with Crippen molar-refractivity contribution in [3.63, 3.8) is 0 Å². The van der Waals surface area contributed by atoms with Gasteiger partial charge in [0.1, 0.15) is 0 Å². The Bertz CT molecular complexity index is 2460. The molecule has 0 aliphatic heterocycles. The Morgan fingerprint density at radius 3 is 1.58 bits per heavy atom. The van der Waals surface area contributed by atoms with Crippen LogP contribution in [0, 0.1) is 0 Å². The summed E-state index contributed by atoms with van der Waals surface area (Å²) in [6.45, 7) is 0. The van der Waals surface area contributed by atoms with Crippen LogP contribution in [0.2, 0.25) is 0 Å². The van der Waals surface area contributed by atoms with Crippen molar-refractivity contribution in [2.75, 3.05) is 0 Å². The standard InChI is InChI=1S/C43H32N4O/c1-46-40-19-11-18-36(41(40)47(2)43(46)48)32-24-20-29(21-25-32)30-22-26-33(27-23-30)38-28-39(45-42(44-38)34-14-7-4-8-15-34)37-17-10-9-16-35(37)31-12-5-3-6-13-31/h3-28H,1-2H3. The van der Waals surface area contributed by atoms with E-state index in [0.29, 0.717) is 5.82 Å². The number of hydrogen-bond donors (Lipinski definition) is 0. The monoisotopic (exact) mass is 620 g/mol. The number of para-hydroxylation sites is 1. The summed E-state index contributed by atoms with van der Waals surface area (Å²) in [5, 5.41) is 0. The lowest BCUT2D eigenvalue weighted by Crippen LogP contribution is -2.19. The van der Waals surface area contributed by atoms with E-state index in [-0.39, 0.29) is 5.69 Å². The van der Waals surface area contributed by atoms with Crippen molar-refractivity contribution in [2.45, 2.75) is 0 Å². The van der Waals surface area contributed by atoms with Crippen molar-refractivity contribution in [1.82, 2.24) is 19.1 Å². The Balaban J connectivity index is 1.16. The zero-order valence-electron chi connectivity index (χ0n) is 26.7. The summed E-state index contributed by atoms with van der Waals surface area (Å²) in [5.74, 6) is 0.691. The molecule has 2 aromatic heterocycles. The second-order valence-corrected chi connectivity index (χ2v) is 12.0. The van der Waals surface area contributed by atoms with Crippen molar-refractivity contribution >= 4 is 11.0 Å². The summed E-state index contributed by atoms with van der Waals surface area (Å²) in [7, 11) is 3.64. The normalized spacial score (nSPS) is 11.2. The molecule has 0 bridgehead atoms. The third kappa shape index (κ3) is 5.21. The smallest absolute Gasteiger partial charge is 0.295 e. The number of aryl methyl sites for hydroxylation is 2. The lowest BCUT2D eigenvalue weighted by atomic mass is 9.96. The van der Waals surface area contributed by atoms with Crippen LogP contribution in [0.5, 0.6) is 0 Å². The van der Waals surface area contributed by atoms with Crippen LogP contribution in [0.15, 0.2) is 163 Å². The summed E-state index contributed by atoms with van der Waals surface area (Å²) in [4.78, 5) is 22.7. The van der Waals surface area contributed by atoms with Gasteiger partial charge in [-0.25, -0.2) is 14.8 Å². The van der Waals surface area contributed by atoms with Crippen molar-refractivity contribution in [3.05, 3.63) is 168 Å². The molecule has 0 N–H and O–H groups in total. The topological polar surface area (TPSA) is 52.7 Å². The number of benzene rings is 6. The fraction of sp³-hybridized carbons (Fsp3) is 0.0465. The summed E-state index contributed by atoms with van der Waals surface area (Å²) in [6.07, 6.45) is 0. The SMILES string of the molecule is Cn1c(=O)n(C)c2c(-c3ccc(-c4ccc(-c5cc(-c6ccccc6-c6ccccc6)nc(-c6ccccc6)n5)cc4)cc3)cccc21. The molecule has 0 fully saturated rings. The molecule has 8 aromatic rings. The average Bonchev–Trinajstić information content (AvgIpc) is 3.39. The number of imidazole rings is 1. The van der Waals surface area contributed by atoms with E-state index in [9.17, 15) is 4.79 Å². The van der Waals surface area contributed by atoms with Crippen molar-refractivity contribution in [1.29, 1.82) is 0 Å². The molecule has 230 valence electrons. The Morgan fingerprint density at radius 2 is 0.917 bits per heavy atom. The highest BCUT2D eigenvalue weighted by molar-refractivity contribution is 5.93. The van der Waals surface area contributed by atoms with Crippen LogP contribution in [0.1, 0.15) is 0 Å².